The van der Waals surface area contributed by atoms with E-state index in [-0.39, 0.29) is 5.91 Å². The van der Waals surface area contributed by atoms with Gasteiger partial charge in [0.1, 0.15) is 6.33 Å². The lowest BCUT2D eigenvalue weighted by Crippen LogP contribution is -2.49. The van der Waals surface area contributed by atoms with Crippen LogP contribution in [0.4, 0.5) is 0 Å². The normalized spacial score (nSPS) is 18.6. The molecule has 0 aromatic carbocycles. The van der Waals surface area contributed by atoms with Crippen molar-refractivity contribution in [2.24, 2.45) is 18.2 Å². The third-order valence-electron chi connectivity index (χ3n) is 3.38. The van der Waals surface area contributed by atoms with Crippen molar-refractivity contribution < 1.29 is 9.53 Å². The number of hydrogen-bond acceptors (Lipinski definition) is 5. The van der Waals surface area contributed by atoms with Crippen molar-refractivity contribution in [3.63, 3.8) is 0 Å². The highest BCUT2D eigenvalue weighted by atomic mass is 16.5. The zero-order chi connectivity index (χ0) is 13.0. The zero-order valence-electron chi connectivity index (χ0n) is 10.6. The summed E-state index contributed by atoms with van der Waals surface area (Å²) in [4.78, 5) is 16.3. The second-order valence-corrected chi connectivity index (χ2v) is 4.61. The summed E-state index contributed by atoms with van der Waals surface area (Å²) in [6.45, 7) is 1.86. The maximum Gasteiger partial charge on any atom is 0.228 e. The lowest BCUT2D eigenvalue weighted by atomic mass is 9.79. The van der Waals surface area contributed by atoms with Gasteiger partial charge >= 0.3 is 0 Å². The maximum absolute atomic E-state index is 12.2. The SMILES string of the molecule is Cn1cnc(CNC(=O)C2(CN)CCOCC2)n1. The van der Waals surface area contributed by atoms with Crippen molar-refractivity contribution in [2.45, 2.75) is 19.4 Å². The molecule has 1 fully saturated rings. The molecule has 1 aliphatic rings. The Hall–Kier alpha value is -1.47. The number of hydrogen-bond donors (Lipinski definition) is 2. The molecule has 1 aromatic heterocycles. The lowest BCUT2D eigenvalue weighted by molar-refractivity contribution is -0.136. The quantitative estimate of drug-likeness (QED) is 0.731. The van der Waals surface area contributed by atoms with Crippen LogP contribution >= 0.6 is 0 Å². The van der Waals surface area contributed by atoms with Gasteiger partial charge in [-0.15, -0.1) is 0 Å². The fourth-order valence-electron chi connectivity index (χ4n) is 2.10. The predicted molar refractivity (Wildman–Crippen MR) is 64.4 cm³/mol. The van der Waals surface area contributed by atoms with Crippen LogP contribution in [0.25, 0.3) is 0 Å². The summed E-state index contributed by atoms with van der Waals surface area (Å²) < 4.78 is 6.89. The number of ether oxygens (including phenoxy) is 1. The van der Waals surface area contributed by atoms with E-state index in [1.54, 1.807) is 18.1 Å². The average Bonchev–Trinajstić information content (AvgIpc) is 2.82. The summed E-state index contributed by atoms with van der Waals surface area (Å²) in [5.41, 5.74) is 5.27. The maximum atomic E-state index is 12.2. The number of aromatic nitrogens is 3. The summed E-state index contributed by atoms with van der Waals surface area (Å²) in [5.74, 6) is 0.575. The number of rotatable bonds is 4. The first-order valence-electron chi connectivity index (χ1n) is 6.07. The largest absolute Gasteiger partial charge is 0.381 e. The topological polar surface area (TPSA) is 95.1 Å². The van der Waals surface area contributed by atoms with Gasteiger partial charge in [-0.2, -0.15) is 5.10 Å². The smallest absolute Gasteiger partial charge is 0.228 e. The Morgan fingerprint density at radius 3 is 2.89 bits per heavy atom. The number of carbonyl (C=O) groups excluding carboxylic acids is 1. The summed E-state index contributed by atoms with van der Waals surface area (Å²) in [5, 5.41) is 6.97. The highest BCUT2D eigenvalue weighted by Crippen LogP contribution is 2.29. The fourth-order valence-corrected chi connectivity index (χ4v) is 2.10. The number of nitrogens with zero attached hydrogens (tertiary/aromatic N) is 3. The van der Waals surface area contributed by atoms with Crippen LogP contribution in [-0.4, -0.2) is 40.4 Å². The highest BCUT2D eigenvalue weighted by Gasteiger charge is 2.38. The van der Waals surface area contributed by atoms with Gasteiger partial charge in [-0.1, -0.05) is 0 Å². The predicted octanol–water partition coefficient (Wildman–Crippen LogP) is -0.813. The molecule has 0 aliphatic carbocycles. The van der Waals surface area contributed by atoms with Crippen LogP contribution in [-0.2, 0) is 23.1 Å². The van der Waals surface area contributed by atoms with Crippen molar-refractivity contribution in [1.29, 1.82) is 0 Å². The van der Waals surface area contributed by atoms with E-state index in [0.717, 1.165) is 0 Å². The number of nitrogens with one attached hydrogen (secondary N) is 1. The first-order valence-corrected chi connectivity index (χ1v) is 6.07. The molecule has 2 heterocycles. The van der Waals surface area contributed by atoms with Crippen molar-refractivity contribution >= 4 is 5.91 Å². The average molecular weight is 253 g/mol. The molecule has 1 saturated heterocycles. The number of amides is 1. The van der Waals surface area contributed by atoms with Crippen molar-refractivity contribution in [1.82, 2.24) is 20.1 Å². The number of carbonyl (C=O) groups is 1. The van der Waals surface area contributed by atoms with E-state index >= 15 is 0 Å². The van der Waals surface area contributed by atoms with Crippen molar-refractivity contribution in [3.8, 4) is 0 Å². The van der Waals surface area contributed by atoms with Crippen LogP contribution in [0.5, 0.6) is 0 Å². The minimum Gasteiger partial charge on any atom is -0.381 e. The molecule has 0 spiro atoms. The van der Waals surface area contributed by atoms with Crippen molar-refractivity contribution in [3.05, 3.63) is 12.2 Å². The van der Waals surface area contributed by atoms with Gasteiger partial charge in [-0.05, 0) is 12.8 Å². The monoisotopic (exact) mass is 253 g/mol. The van der Waals surface area contributed by atoms with E-state index in [4.69, 9.17) is 10.5 Å². The minimum atomic E-state index is -0.493. The van der Waals surface area contributed by atoms with Crippen molar-refractivity contribution in [2.75, 3.05) is 19.8 Å². The molecule has 0 radical (unpaired) electrons. The van der Waals surface area contributed by atoms with Gasteiger partial charge in [0.05, 0.1) is 12.0 Å². The Labute approximate surface area is 106 Å². The van der Waals surface area contributed by atoms with Gasteiger partial charge in [-0.25, -0.2) is 4.98 Å². The molecule has 1 aliphatic heterocycles. The van der Waals surface area contributed by atoms with Gasteiger partial charge < -0.3 is 15.8 Å². The van der Waals surface area contributed by atoms with Crippen LogP contribution in [0.2, 0.25) is 0 Å². The molecule has 3 N–H and O–H groups in total. The van der Waals surface area contributed by atoms with Crippen LogP contribution in [0, 0.1) is 5.41 Å². The van der Waals surface area contributed by atoms with Crippen LogP contribution < -0.4 is 11.1 Å². The molecular formula is C11H19N5O2. The molecule has 100 valence electrons. The van der Waals surface area contributed by atoms with Gasteiger partial charge in [-0.3, -0.25) is 9.48 Å². The molecule has 0 saturated carbocycles. The second-order valence-electron chi connectivity index (χ2n) is 4.61. The van der Waals surface area contributed by atoms with Gasteiger partial charge in [0.15, 0.2) is 5.82 Å². The van der Waals surface area contributed by atoms with Gasteiger partial charge in [0.2, 0.25) is 5.91 Å². The van der Waals surface area contributed by atoms with E-state index in [1.165, 1.54) is 0 Å². The molecule has 2 rings (SSSR count). The molecule has 0 atom stereocenters. The first-order chi connectivity index (χ1) is 8.66. The van der Waals surface area contributed by atoms with Crippen LogP contribution in [0.3, 0.4) is 0 Å². The lowest BCUT2D eigenvalue weighted by Gasteiger charge is -2.34. The van der Waals surface area contributed by atoms with E-state index in [1.807, 2.05) is 0 Å². The first kappa shape index (κ1) is 13.0. The Kier molecular flexibility index (Phi) is 3.93. The molecule has 1 aromatic rings. The zero-order valence-corrected chi connectivity index (χ0v) is 10.6. The van der Waals surface area contributed by atoms with E-state index in [0.29, 0.717) is 45.0 Å². The van der Waals surface area contributed by atoms with E-state index < -0.39 is 5.41 Å². The summed E-state index contributed by atoms with van der Waals surface area (Å²) in [6.07, 6.45) is 2.95. The Balaban J connectivity index is 1.93. The fraction of sp³-hybridized carbons (Fsp3) is 0.727. The number of aryl methyl sites for hydroxylation is 1. The standard InChI is InChI=1S/C11H19N5O2/c1-16-8-14-9(15-16)6-13-10(17)11(7-12)2-4-18-5-3-11/h8H,2-7,12H2,1H3,(H,13,17). The number of nitrogens with two attached hydrogens (primary N) is 1. The van der Waals surface area contributed by atoms with Crippen LogP contribution in [0.15, 0.2) is 6.33 Å². The second kappa shape index (κ2) is 5.45. The molecule has 1 amide bonds. The Bertz CT molecular complexity index is 411. The molecular weight excluding hydrogens is 234 g/mol. The molecule has 0 bridgehead atoms. The molecule has 7 heteroatoms. The molecule has 18 heavy (non-hydrogen) atoms. The molecule has 7 nitrogen and oxygen atoms in total. The van der Waals surface area contributed by atoms with Crippen LogP contribution in [0.1, 0.15) is 18.7 Å². The van der Waals surface area contributed by atoms with E-state index in [2.05, 4.69) is 15.4 Å². The Morgan fingerprint density at radius 2 is 2.33 bits per heavy atom. The summed E-state index contributed by atoms with van der Waals surface area (Å²) >= 11 is 0. The third-order valence-corrected chi connectivity index (χ3v) is 3.38. The van der Waals surface area contributed by atoms with E-state index in [9.17, 15) is 4.79 Å². The van der Waals surface area contributed by atoms with Gasteiger partial charge in [0, 0.05) is 26.8 Å². The molecule has 0 unspecified atom stereocenters. The third kappa shape index (κ3) is 2.68. The summed E-state index contributed by atoms with van der Waals surface area (Å²) in [6, 6.07) is 0. The summed E-state index contributed by atoms with van der Waals surface area (Å²) in [7, 11) is 1.79. The minimum absolute atomic E-state index is 0.0271. The Morgan fingerprint density at radius 1 is 1.61 bits per heavy atom. The van der Waals surface area contributed by atoms with Gasteiger partial charge in [0.25, 0.3) is 0 Å². The highest BCUT2D eigenvalue weighted by molar-refractivity contribution is 5.82.